The number of benzene rings is 1. The average Bonchev–Trinajstić information content (AvgIpc) is 2.37. The number of halogens is 1. The Labute approximate surface area is 124 Å². The van der Waals surface area contributed by atoms with Crippen molar-refractivity contribution >= 4 is 39.6 Å². The molecule has 2 rings (SSSR count). The Hall–Kier alpha value is -1.01. The van der Waals surface area contributed by atoms with Crippen LogP contribution >= 0.6 is 27.7 Å². The number of amides is 1. The standard InChI is InChI=1S/C13H14BrNO3S/c14-11-2-1-10-6-15(4-3-9(10)5-11)12(16)7-19-8-13(17)18/h1-2,5H,3-4,6-8H2,(H,17,18). The van der Waals surface area contributed by atoms with Crippen LogP contribution in [-0.4, -0.2) is 39.9 Å². The Morgan fingerprint density at radius 3 is 2.84 bits per heavy atom. The van der Waals surface area contributed by atoms with Gasteiger partial charge in [-0.3, -0.25) is 9.59 Å². The number of carboxylic acid groups (broad SMARTS) is 1. The quantitative estimate of drug-likeness (QED) is 0.909. The van der Waals surface area contributed by atoms with Crippen molar-refractivity contribution in [3.63, 3.8) is 0 Å². The maximum Gasteiger partial charge on any atom is 0.313 e. The topological polar surface area (TPSA) is 57.6 Å². The van der Waals surface area contributed by atoms with Gasteiger partial charge in [-0.25, -0.2) is 0 Å². The molecule has 0 fully saturated rings. The van der Waals surface area contributed by atoms with Crippen LogP contribution in [-0.2, 0) is 22.6 Å². The molecule has 0 saturated carbocycles. The van der Waals surface area contributed by atoms with Gasteiger partial charge in [0.05, 0.1) is 11.5 Å². The van der Waals surface area contributed by atoms with E-state index in [2.05, 4.69) is 22.0 Å². The summed E-state index contributed by atoms with van der Waals surface area (Å²) in [5, 5.41) is 8.54. The summed E-state index contributed by atoms with van der Waals surface area (Å²) in [6.45, 7) is 1.32. The number of nitrogens with zero attached hydrogens (tertiary/aromatic N) is 1. The molecular weight excluding hydrogens is 330 g/mol. The average molecular weight is 344 g/mol. The van der Waals surface area contributed by atoms with E-state index < -0.39 is 5.97 Å². The van der Waals surface area contributed by atoms with Gasteiger partial charge in [-0.2, -0.15) is 0 Å². The molecule has 0 spiro atoms. The van der Waals surface area contributed by atoms with E-state index in [9.17, 15) is 9.59 Å². The smallest absolute Gasteiger partial charge is 0.313 e. The Kier molecular flexibility index (Phi) is 4.87. The molecule has 19 heavy (non-hydrogen) atoms. The highest BCUT2D eigenvalue weighted by molar-refractivity contribution is 9.10. The number of thioether (sulfide) groups is 1. The SMILES string of the molecule is O=C(O)CSCC(=O)N1CCc2cc(Br)ccc2C1. The Morgan fingerprint density at radius 1 is 1.32 bits per heavy atom. The zero-order chi connectivity index (χ0) is 13.8. The highest BCUT2D eigenvalue weighted by Gasteiger charge is 2.20. The fourth-order valence-corrected chi connectivity index (χ4v) is 3.09. The third-order valence-electron chi connectivity index (χ3n) is 2.98. The number of carboxylic acids is 1. The van der Waals surface area contributed by atoms with Crippen LogP contribution in [0.4, 0.5) is 0 Å². The van der Waals surface area contributed by atoms with Crippen molar-refractivity contribution in [2.24, 2.45) is 0 Å². The van der Waals surface area contributed by atoms with E-state index in [0.717, 1.165) is 22.7 Å². The van der Waals surface area contributed by atoms with Gasteiger partial charge in [-0.1, -0.05) is 22.0 Å². The molecule has 1 aromatic rings. The summed E-state index contributed by atoms with van der Waals surface area (Å²) >= 11 is 4.59. The fraction of sp³-hybridized carbons (Fsp3) is 0.385. The summed E-state index contributed by atoms with van der Waals surface area (Å²) in [5.74, 6) is -0.659. The molecule has 1 heterocycles. The van der Waals surface area contributed by atoms with Crippen LogP contribution in [0, 0.1) is 0 Å². The summed E-state index contributed by atoms with van der Waals surface area (Å²) in [7, 11) is 0. The van der Waals surface area contributed by atoms with Crippen molar-refractivity contribution < 1.29 is 14.7 Å². The van der Waals surface area contributed by atoms with Crippen LogP contribution in [0.15, 0.2) is 22.7 Å². The van der Waals surface area contributed by atoms with Gasteiger partial charge < -0.3 is 10.0 Å². The first-order chi connectivity index (χ1) is 9.06. The lowest BCUT2D eigenvalue weighted by molar-refractivity contribution is -0.133. The first-order valence-corrected chi connectivity index (χ1v) is 7.85. The number of carbonyl (C=O) groups is 2. The summed E-state index contributed by atoms with van der Waals surface area (Å²) in [4.78, 5) is 24.2. The van der Waals surface area contributed by atoms with Crippen molar-refractivity contribution in [3.8, 4) is 0 Å². The maximum absolute atomic E-state index is 12.0. The van der Waals surface area contributed by atoms with Gasteiger partial charge in [0.2, 0.25) is 5.91 Å². The van der Waals surface area contributed by atoms with Crippen LogP contribution < -0.4 is 0 Å². The molecule has 0 aromatic heterocycles. The zero-order valence-corrected chi connectivity index (χ0v) is 12.7. The molecule has 0 unspecified atom stereocenters. The van der Waals surface area contributed by atoms with E-state index in [1.54, 1.807) is 4.90 Å². The first-order valence-electron chi connectivity index (χ1n) is 5.91. The molecule has 1 aromatic carbocycles. The Morgan fingerprint density at radius 2 is 2.11 bits per heavy atom. The van der Waals surface area contributed by atoms with Gasteiger partial charge in [0, 0.05) is 17.6 Å². The van der Waals surface area contributed by atoms with E-state index in [4.69, 9.17) is 5.11 Å². The lowest BCUT2D eigenvalue weighted by atomic mass is 10.00. The molecule has 1 aliphatic heterocycles. The second-order valence-electron chi connectivity index (χ2n) is 4.36. The number of rotatable bonds is 4. The number of hydrogen-bond donors (Lipinski definition) is 1. The van der Waals surface area contributed by atoms with Gasteiger partial charge in [-0.15, -0.1) is 11.8 Å². The van der Waals surface area contributed by atoms with Crippen molar-refractivity contribution in [2.45, 2.75) is 13.0 Å². The third-order valence-corrected chi connectivity index (χ3v) is 4.38. The van der Waals surface area contributed by atoms with Gasteiger partial charge in [0.25, 0.3) is 0 Å². The summed E-state index contributed by atoms with van der Waals surface area (Å²) < 4.78 is 1.06. The molecule has 0 bridgehead atoms. The molecule has 1 aliphatic rings. The Balaban J connectivity index is 1.92. The molecule has 0 saturated heterocycles. The Bertz CT molecular complexity index is 507. The predicted molar refractivity (Wildman–Crippen MR) is 78.2 cm³/mol. The largest absolute Gasteiger partial charge is 0.481 e. The number of carbonyl (C=O) groups excluding carboxylic acids is 1. The van der Waals surface area contributed by atoms with Crippen molar-refractivity contribution in [1.29, 1.82) is 0 Å². The first kappa shape index (κ1) is 14.4. The molecule has 4 nitrogen and oxygen atoms in total. The van der Waals surface area contributed by atoms with E-state index in [1.807, 2.05) is 12.1 Å². The number of aliphatic carboxylic acids is 1. The molecule has 0 radical (unpaired) electrons. The highest BCUT2D eigenvalue weighted by Crippen LogP contribution is 2.23. The monoisotopic (exact) mass is 343 g/mol. The minimum absolute atomic E-state index is 0.0137. The van der Waals surface area contributed by atoms with Crippen LogP contribution in [0.1, 0.15) is 11.1 Å². The van der Waals surface area contributed by atoms with Crippen LogP contribution in [0.2, 0.25) is 0 Å². The number of hydrogen-bond acceptors (Lipinski definition) is 3. The van der Waals surface area contributed by atoms with E-state index in [1.165, 1.54) is 11.1 Å². The summed E-state index contributed by atoms with van der Waals surface area (Å²) in [6, 6.07) is 6.10. The second-order valence-corrected chi connectivity index (χ2v) is 6.27. The van der Waals surface area contributed by atoms with Gasteiger partial charge in [0.15, 0.2) is 0 Å². The van der Waals surface area contributed by atoms with Crippen LogP contribution in [0.3, 0.4) is 0 Å². The fourth-order valence-electron chi connectivity index (χ4n) is 2.05. The van der Waals surface area contributed by atoms with Gasteiger partial charge >= 0.3 is 5.97 Å². The third kappa shape index (κ3) is 3.98. The van der Waals surface area contributed by atoms with Crippen LogP contribution in [0.25, 0.3) is 0 Å². The normalized spacial score (nSPS) is 14.1. The molecule has 0 aliphatic carbocycles. The minimum atomic E-state index is -0.883. The molecule has 6 heteroatoms. The summed E-state index contributed by atoms with van der Waals surface area (Å²) in [5.41, 5.74) is 2.45. The van der Waals surface area contributed by atoms with Gasteiger partial charge in [-0.05, 0) is 29.7 Å². The van der Waals surface area contributed by atoms with Crippen molar-refractivity contribution in [3.05, 3.63) is 33.8 Å². The van der Waals surface area contributed by atoms with E-state index >= 15 is 0 Å². The van der Waals surface area contributed by atoms with Crippen molar-refractivity contribution in [2.75, 3.05) is 18.1 Å². The minimum Gasteiger partial charge on any atom is -0.481 e. The van der Waals surface area contributed by atoms with E-state index in [0.29, 0.717) is 13.1 Å². The van der Waals surface area contributed by atoms with Crippen LogP contribution in [0.5, 0.6) is 0 Å². The van der Waals surface area contributed by atoms with Gasteiger partial charge in [0.1, 0.15) is 0 Å². The number of fused-ring (bicyclic) bond motifs is 1. The predicted octanol–water partition coefficient (Wildman–Crippen LogP) is 2.15. The van der Waals surface area contributed by atoms with Crippen molar-refractivity contribution in [1.82, 2.24) is 4.90 Å². The lowest BCUT2D eigenvalue weighted by Crippen LogP contribution is -2.37. The molecule has 102 valence electrons. The highest BCUT2D eigenvalue weighted by atomic mass is 79.9. The zero-order valence-electron chi connectivity index (χ0n) is 10.3. The molecular formula is C13H14BrNO3S. The summed E-state index contributed by atoms with van der Waals surface area (Å²) in [6.07, 6.45) is 0.851. The molecule has 1 amide bonds. The lowest BCUT2D eigenvalue weighted by Gasteiger charge is -2.29. The molecule has 1 N–H and O–H groups in total. The second kappa shape index (κ2) is 6.43. The molecule has 0 atom stereocenters. The van der Waals surface area contributed by atoms with E-state index in [-0.39, 0.29) is 17.4 Å². The maximum atomic E-state index is 12.0.